The fourth-order valence-electron chi connectivity index (χ4n) is 3.01. The van der Waals surface area contributed by atoms with Gasteiger partial charge in [0.15, 0.2) is 0 Å². The van der Waals surface area contributed by atoms with E-state index < -0.39 is 27.8 Å². The number of methoxy groups -OCH3 is 1. The lowest BCUT2D eigenvalue weighted by molar-refractivity contribution is -0.126. The maximum absolute atomic E-state index is 13.2. The van der Waals surface area contributed by atoms with Crippen molar-refractivity contribution < 1.29 is 22.3 Å². The molecule has 0 spiro atoms. The van der Waals surface area contributed by atoms with Gasteiger partial charge in [-0.3, -0.25) is 4.79 Å². The van der Waals surface area contributed by atoms with E-state index in [1.807, 2.05) is 0 Å². The summed E-state index contributed by atoms with van der Waals surface area (Å²) in [6.07, 6.45) is 0. The van der Waals surface area contributed by atoms with Gasteiger partial charge in [0.2, 0.25) is 15.9 Å². The second-order valence-corrected chi connectivity index (χ2v) is 7.88. The maximum atomic E-state index is 13.2. The number of amides is 1. The lowest BCUT2D eigenvalue weighted by atomic mass is 10.0. The third-order valence-electron chi connectivity index (χ3n) is 4.33. The molecule has 1 saturated heterocycles. The summed E-state index contributed by atoms with van der Waals surface area (Å²) in [6, 6.07) is 8.77. The molecule has 1 unspecified atom stereocenters. The summed E-state index contributed by atoms with van der Waals surface area (Å²) in [5.74, 6) is -0.308. The molecule has 0 saturated carbocycles. The van der Waals surface area contributed by atoms with Gasteiger partial charge in [0.1, 0.15) is 17.6 Å². The summed E-state index contributed by atoms with van der Waals surface area (Å²) in [5, 5.41) is 2.67. The lowest BCUT2D eigenvalue weighted by Gasteiger charge is -2.34. The minimum absolute atomic E-state index is 0.0811. The van der Waals surface area contributed by atoms with Crippen molar-refractivity contribution in [1.82, 2.24) is 9.62 Å². The monoisotopic (exact) mass is 378 g/mol. The van der Waals surface area contributed by atoms with Crippen LogP contribution in [0.2, 0.25) is 0 Å². The molecule has 0 aliphatic carbocycles. The van der Waals surface area contributed by atoms with Crippen molar-refractivity contribution in [2.24, 2.45) is 0 Å². The SMILES string of the molecule is COc1ccc(S(=O)(=O)N2CCNC(=O)C2c2ccc(F)cc2)cc1C. The van der Waals surface area contributed by atoms with Crippen LogP contribution in [0.3, 0.4) is 0 Å². The zero-order valence-electron chi connectivity index (χ0n) is 14.4. The molecule has 8 heteroatoms. The van der Waals surface area contributed by atoms with E-state index in [4.69, 9.17) is 4.74 Å². The second-order valence-electron chi connectivity index (χ2n) is 5.99. The number of ether oxygens (including phenoxy) is 1. The number of rotatable bonds is 4. The largest absolute Gasteiger partial charge is 0.496 e. The summed E-state index contributed by atoms with van der Waals surface area (Å²) < 4.78 is 45.9. The average Bonchev–Trinajstić information content (AvgIpc) is 2.62. The van der Waals surface area contributed by atoms with Crippen LogP contribution in [0.5, 0.6) is 5.75 Å². The Morgan fingerprint density at radius 2 is 1.88 bits per heavy atom. The van der Waals surface area contributed by atoms with Crippen molar-refractivity contribution in [3.8, 4) is 5.75 Å². The first-order valence-corrected chi connectivity index (χ1v) is 9.48. The van der Waals surface area contributed by atoms with Crippen molar-refractivity contribution >= 4 is 15.9 Å². The molecule has 1 amide bonds. The van der Waals surface area contributed by atoms with E-state index >= 15 is 0 Å². The number of hydrogen-bond acceptors (Lipinski definition) is 4. The molecule has 138 valence electrons. The highest BCUT2D eigenvalue weighted by atomic mass is 32.2. The van der Waals surface area contributed by atoms with E-state index in [9.17, 15) is 17.6 Å². The fourth-order valence-corrected chi connectivity index (χ4v) is 4.68. The highest BCUT2D eigenvalue weighted by molar-refractivity contribution is 7.89. The number of benzene rings is 2. The summed E-state index contributed by atoms with van der Waals surface area (Å²) in [6.45, 7) is 2.09. The van der Waals surface area contributed by atoms with Crippen LogP contribution in [-0.4, -0.2) is 38.8 Å². The van der Waals surface area contributed by atoms with Gasteiger partial charge in [-0.15, -0.1) is 0 Å². The molecule has 2 aromatic carbocycles. The van der Waals surface area contributed by atoms with Crippen LogP contribution in [0.15, 0.2) is 47.4 Å². The summed E-state index contributed by atoms with van der Waals surface area (Å²) in [7, 11) is -2.42. The Labute approximate surface area is 151 Å². The molecule has 0 aromatic heterocycles. The van der Waals surface area contributed by atoms with Crippen molar-refractivity contribution in [1.29, 1.82) is 0 Å². The molecule has 26 heavy (non-hydrogen) atoms. The zero-order chi connectivity index (χ0) is 18.9. The number of nitrogens with zero attached hydrogens (tertiary/aromatic N) is 1. The van der Waals surface area contributed by atoms with E-state index in [1.54, 1.807) is 13.0 Å². The van der Waals surface area contributed by atoms with Crippen molar-refractivity contribution in [2.75, 3.05) is 20.2 Å². The van der Waals surface area contributed by atoms with Gasteiger partial charge in [-0.25, -0.2) is 12.8 Å². The Morgan fingerprint density at radius 3 is 2.50 bits per heavy atom. The molecule has 6 nitrogen and oxygen atoms in total. The van der Waals surface area contributed by atoms with E-state index in [2.05, 4.69) is 5.32 Å². The highest BCUT2D eigenvalue weighted by Crippen LogP contribution is 2.31. The number of hydrogen-bond donors (Lipinski definition) is 1. The number of halogens is 1. The van der Waals surface area contributed by atoms with Crippen LogP contribution < -0.4 is 10.1 Å². The number of piperazine rings is 1. The Bertz CT molecular complexity index is 929. The van der Waals surface area contributed by atoms with Crippen LogP contribution in [0.4, 0.5) is 4.39 Å². The summed E-state index contributed by atoms with van der Waals surface area (Å²) in [4.78, 5) is 12.5. The molecule has 3 rings (SSSR count). The number of sulfonamides is 1. The normalized spacial score (nSPS) is 18.4. The molecule has 0 radical (unpaired) electrons. The Balaban J connectivity index is 2.04. The van der Waals surface area contributed by atoms with Gasteiger partial charge in [0.05, 0.1) is 12.0 Å². The third kappa shape index (κ3) is 3.30. The number of aryl methyl sites for hydroxylation is 1. The lowest BCUT2D eigenvalue weighted by Crippen LogP contribution is -2.52. The molecule has 0 bridgehead atoms. The first kappa shape index (κ1) is 18.3. The maximum Gasteiger partial charge on any atom is 0.244 e. The molecule has 1 aliphatic rings. The molecule has 1 atom stereocenters. The van der Waals surface area contributed by atoms with Gasteiger partial charge in [-0.1, -0.05) is 12.1 Å². The smallest absolute Gasteiger partial charge is 0.244 e. The molecule has 1 N–H and O–H groups in total. The molecule has 2 aromatic rings. The van der Waals surface area contributed by atoms with Crippen LogP contribution in [-0.2, 0) is 14.8 Å². The van der Waals surface area contributed by atoms with Crippen molar-refractivity contribution in [2.45, 2.75) is 17.9 Å². The van der Waals surface area contributed by atoms with E-state index in [0.717, 1.165) is 4.31 Å². The Hall–Kier alpha value is -2.45. The Kier molecular flexibility index (Phi) is 4.97. The van der Waals surface area contributed by atoms with Crippen molar-refractivity contribution in [3.05, 3.63) is 59.4 Å². The van der Waals surface area contributed by atoms with Gasteiger partial charge in [-0.2, -0.15) is 4.31 Å². The highest BCUT2D eigenvalue weighted by Gasteiger charge is 2.39. The topological polar surface area (TPSA) is 75.7 Å². The van der Waals surface area contributed by atoms with Gasteiger partial charge in [0.25, 0.3) is 0 Å². The van der Waals surface area contributed by atoms with Gasteiger partial charge in [-0.05, 0) is 48.4 Å². The predicted molar refractivity (Wildman–Crippen MR) is 93.8 cm³/mol. The fraction of sp³-hybridized carbons (Fsp3) is 0.278. The number of carbonyl (C=O) groups is 1. The first-order chi connectivity index (χ1) is 12.3. The minimum atomic E-state index is -3.93. The van der Waals surface area contributed by atoms with Gasteiger partial charge < -0.3 is 10.1 Å². The van der Waals surface area contributed by atoms with E-state index in [0.29, 0.717) is 16.9 Å². The standard InChI is InChI=1S/C18H19FN2O4S/c1-12-11-15(7-8-16(12)25-2)26(23,24)21-10-9-20-18(22)17(21)13-3-5-14(19)6-4-13/h3-8,11,17H,9-10H2,1-2H3,(H,20,22). The Morgan fingerprint density at radius 1 is 1.19 bits per heavy atom. The molecule has 1 aliphatic heterocycles. The number of nitrogens with one attached hydrogen (secondary N) is 1. The molecule has 1 fully saturated rings. The number of carbonyl (C=O) groups excluding carboxylic acids is 1. The van der Waals surface area contributed by atoms with Crippen LogP contribution in [0, 0.1) is 12.7 Å². The zero-order valence-corrected chi connectivity index (χ0v) is 15.2. The average molecular weight is 378 g/mol. The molecular weight excluding hydrogens is 359 g/mol. The van der Waals surface area contributed by atoms with E-state index in [-0.39, 0.29) is 18.0 Å². The third-order valence-corrected chi connectivity index (χ3v) is 6.19. The predicted octanol–water partition coefficient (Wildman–Crippen LogP) is 2.00. The molecular formula is C18H19FN2O4S. The first-order valence-electron chi connectivity index (χ1n) is 8.04. The van der Waals surface area contributed by atoms with Gasteiger partial charge >= 0.3 is 0 Å². The van der Waals surface area contributed by atoms with Crippen LogP contribution in [0.1, 0.15) is 17.2 Å². The molecule has 1 heterocycles. The van der Waals surface area contributed by atoms with E-state index in [1.165, 1.54) is 43.5 Å². The quantitative estimate of drug-likeness (QED) is 0.883. The minimum Gasteiger partial charge on any atom is -0.496 e. The van der Waals surface area contributed by atoms with Crippen LogP contribution in [0.25, 0.3) is 0 Å². The van der Waals surface area contributed by atoms with Gasteiger partial charge in [0, 0.05) is 13.1 Å². The second kappa shape index (κ2) is 7.05. The summed E-state index contributed by atoms with van der Waals surface area (Å²) >= 11 is 0. The van der Waals surface area contributed by atoms with Crippen LogP contribution >= 0.6 is 0 Å². The summed E-state index contributed by atoms with van der Waals surface area (Å²) in [5.41, 5.74) is 1.09. The van der Waals surface area contributed by atoms with Crippen molar-refractivity contribution in [3.63, 3.8) is 0 Å².